The minimum atomic E-state index is -1.27. The van der Waals surface area contributed by atoms with E-state index in [9.17, 15) is 30.0 Å². The SMILES string of the molecule is O=C(O)C1(CO)CCC(CO)(C(=O)O)C(C2CCCCC2)C1. The number of carbonyl (C=O) groups is 2. The molecule has 0 aromatic rings. The Kier molecular flexibility index (Phi) is 5.12. The molecule has 3 unspecified atom stereocenters. The Morgan fingerprint density at radius 2 is 1.55 bits per heavy atom. The van der Waals surface area contributed by atoms with Crippen LogP contribution in [0.25, 0.3) is 0 Å². The molecule has 2 rings (SSSR count). The van der Waals surface area contributed by atoms with Gasteiger partial charge in [0.2, 0.25) is 0 Å². The molecule has 2 aliphatic rings. The lowest BCUT2D eigenvalue weighted by atomic mass is 9.53. The topological polar surface area (TPSA) is 115 Å². The minimum Gasteiger partial charge on any atom is -0.481 e. The van der Waals surface area contributed by atoms with Crippen molar-refractivity contribution >= 4 is 11.9 Å². The summed E-state index contributed by atoms with van der Waals surface area (Å²) < 4.78 is 0. The molecule has 0 bridgehead atoms. The highest BCUT2D eigenvalue weighted by Gasteiger charge is 2.57. The lowest BCUT2D eigenvalue weighted by molar-refractivity contribution is -0.177. The second-order valence-corrected chi connectivity index (χ2v) is 7.07. The molecule has 2 fully saturated rings. The molecule has 0 spiro atoms. The Hall–Kier alpha value is -1.14. The standard InChI is InChI=1S/C16H26O6/c17-9-15(13(19)20)6-7-16(10-18,14(21)22)12(8-15)11-4-2-1-3-5-11/h11-12,17-18H,1-10H2,(H,19,20)(H,21,22). The highest BCUT2D eigenvalue weighted by molar-refractivity contribution is 5.78. The summed E-state index contributed by atoms with van der Waals surface area (Å²) in [6, 6.07) is 0. The molecule has 4 N–H and O–H groups in total. The number of aliphatic hydroxyl groups is 2. The third kappa shape index (κ3) is 2.74. The fourth-order valence-electron chi connectivity index (χ4n) is 4.46. The number of hydrogen-bond donors (Lipinski definition) is 4. The average Bonchev–Trinajstić information content (AvgIpc) is 2.54. The monoisotopic (exact) mass is 314 g/mol. The van der Waals surface area contributed by atoms with E-state index in [1.807, 2.05) is 0 Å². The molecule has 0 aromatic heterocycles. The number of aliphatic carboxylic acids is 2. The number of carboxylic acid groups (broad SMARTS) is 2. The molecule has 2 saturated carbocycles. The molecule has 0 aliphatic heterocycles. The average molecular weight is 314 g/mol. The lowest BCUT2D eigenvalue weighted by Gasteiger charge is -2.50. The molecule has 6 heteroatoms. The Bertz CT molecular complexity index is 430. The molecule has 0 heterocycles. The van der Waals surface area contributed by atoms with Gasteiger partial charge in [0.1, 0.15) is 0 Å². The first kappa shape index (κ1) is 17.2. The molecule has 0 amide bonds. The fraction of sp³-hybridized carbons (Fsp3) is 0.875. The molecule has 2 aliphatic carbocycles. The van der Waals surface area contributed by atoms with E-state index in [-0.39, 0.29) is 25.2 Å². The Morgan fingerprint density at radius 1 is 0.909 bits per heavy atom. The van der Waals surface area contributed by atoms with E-state index in [2.05, 4.69) is 0 Å². The quantitative estimate of drug-likeness (QED) is 0.611. The van der Waals surface area contributed by atoms with Crippen LogP contribution >= 0.6 is 0 Å². The number of hydrogen-bond acceptors (Lipinski definition) is 4. The van der Waals surface area contributed by atoms with Gasteiger partial charge in [0.05, 0.1) is 24.0 Å². The van der Waals surface area contributed by atoms with Crippen molar-refractivity contribution < 1.29 is 30.0 Å². The van der Waals surface area contributed by atoms with Gasteiger partial charge in [0.15, 0.2) is 0 Å². The molecule has 0 saturated heterocycles. The molecular formula is C16H26O6. The van der Waals surface area contributed by atoms with E-state index in [0.29, 0.717) is 0 Å². The maximum absolute atomic E-state index is 11.9. The highest BCUT2D eigenvalue weighted by atomic mass is 16.4. The summed E-state index contributed by atoms with van der Waals surface area (Å²) in [5, 5.41) is 38.6. The second-order valence-electron chi connectivity index (χ2n) is 7.07. The van der Waals surface area contributed by atoms with E-state index in [1.54, 1.807) is 0 Å². The molecule has 0 aromatic carbocycles. The van der Waals surface area contributed by atoms with Crippen LogP contribution in [0.3, 0.4) is 0 Å². The van der Waals surface area contributed by atoms with Gasteiger partial charge in [-0.05, 0) is 31.1 Å². The first-order valence-corrected chi connectivity index (χ1v) is 8.10. The molecule has 0 radical (unpaired) electrons. The zero-order valence-electron chi connectivity index (χ0n) is 12.8. The zero-order chi connectivity index (χ0) is 16.4. The van der Waals surface area contributed by atoms with Crippen molar-refractivity contribution in [3.63, 3.8) is 0 Å². The van der Waals surface area contributed by atoms with Crippen LogP contribution in [-0.4, -0.2) is 45.6 Å². The third-order valence-electron chi connectivity index (χ3n) is 6.05. The summed E-state index contributed by atoms with van der Waals surface area (Å²) in [4.78, 5) is 23.5. The van der Waals surface area contributed by atoms with Crippen molar-refractivity contribution in [1.82, 2.24) is 0 Å². The third-order valence-corrected chi connectivity index (χ3v) is 6.05. The van der Waals surface area contributed by atoms with E-state index >= 15 is 0 Å². The largest absolute Gasteiger partial charge is 0.481 e. The van der Waals surface area contributed by atoms with Crippen LogP contribution in [0.2, 0.25) is 0 Å². The molecule has 22 heavy (non-hydrogen) atoms. The smallest absolute Gasteiger partial charge is 0.312 e. The maximum Gasteiger partial charge on any atom is 0.312 e. The van der Waals surface area contributed by atoms with Gasteiger partial charge in [0.25, 0.3) is 0 Å². The second kappa shape index (κ2) is 6.54. The molecule has 3 atom stereocenters. The molecule has 6 nitrogen and oxygen atoms in total. The van der Waals surface area contributed by atoms with Crippen LogP contribution in [0.15, 0.2) is 0 Å². The summed E-state index contributed by atoms with van der Waals surface area (Å²) in [6.45, 7) is -0.947. The summed E-state index contributed by atoms with van der Waals surface area (Å²) in [6.07, 6.45) is 5.23. The highest BCUT2D eigenvalue weighted by Crippen LogP contribution is 2.54. The van der Waals surface area contributed by atoms with Crippen LogP contribution in [0.4, 0.5) is 0 Å². The van der Waals surface area contributed by atoms with E-state index < -0.39 is 41.9 Å². The predicted molar refractivity (Wildman–Crippen MR) is 78.2 cm³/mol. The molecular weight excluding hydrogens is 288 g/mol. The number of aliphatic hydroxyl groups excluding tert-OH is 2. The van der Waals surface area contributed by atoms with Crippen molar-refractivity contribution in [2.75, 3.05) is 13.2 Å². The first-order chi connectivity index (χ1) is 10.4. The Balaban J connectivity index is 2.36. The predicted octanol–water partition coefficient (Wildman–Crippen LogP) is 1.49. The van der Waals surface area contributed by atoms with Crippen LogP contribution in [0.5, 0.6) is 0 Å². The number of carboxylic acids is 2. The van der Waals surface area contributed by atoms with Crippen LogP contribution in [0.1, 0.15) is 51.4 Å². The summed E-state index contributed by atoms with van der Waals surface area (Å²) in [5.74, 6) is -2.38. The number of rotatable bonds is 5. The van der Waals surface area contributed by atoms with Crippen molar-refractivity contribution in [2.45, 2.75) is 51.4 Å². The summed E-state index contributed by atoms with van der Waals surface area (Å²) >= 11 is 0. The first-order valence-electron chi connectivity index (χ1n) is 8.10. The van der Waals surface area contributed by atoms with Gasteiger partial charge in [-0.2, -0.15) is 0 Å². The summed E-state index contributed by atoms with van der Waals surface area (Å²) in [5.41, 5.74) is -2.54. The van der Waals surface area contributed by atoms with Gasteiger partial charge in [-0.1, -0.05) is 32.1 Å². The zero-order valence-corrected chi connectivity index (χ0v) is 12.8. The van der Waals surface area contributed by atoms with Crippen LogP contribution in [-0.2, 0) is 9.59 Å². The van der Waals surface area contributed by atoms with Crippen molar-refractivity contribution in [3.05, 3.63) is 0 Å². The van der Waals surface area contributed by atoms with Gasteiger partial charge in [-0.15, -0.1) is 0 Å². The van der Waals surface area contributed by atoms with E-state index in [0.717, 1.165) is 32.1 Å². The Morgan fingerprint density at radius 3 is 2.00 bits per heavy atom. The van der Waals surface area contributed by atoms with Crippen molar-refractivity contribution in [3.8, 4) is 0 Å². The van der Waals surface area contributed by atoms with Gasteiger partial charge in [-0.3, -0.25) is 9.59 Å². The van der Waals surface area contributed by atoms with Gasteiger partial charge in [0, 0.05) is 0 Å². The van der Waals surface area contributed by atoms with Crippen LogP contribution in [0, 0.1) is 22.7 Å². The minimum absolute atomic E-state index is 0.0922. The van der Waals surface area contributed by atoms with Crippen molar-refractivity contribution in [1.29, 1.82) is 0 Å². The lowest BCUT2D eigenvalue weighted by Crippen LogP contribution is -2.54. The van der Waals surface area contributed by atoms with Crippen LogP contribution < -0.4 is 0 Å². The summed E-state index contributed by atoms with van der Waals surface area (Å²) in [7, 11) is 0. The van der Waals surface area contributed by atoms with Crippen molar-refractivity contribution in [2.24, 2.45) is 22.7 Å². The Labute approximate surface area is 130 Å². The fourth-order valence-corrected chi connectivity index (χ4v) is 4.46. The van der Waals surface area contributed by atoms with Gasteiger partial charge < -0.3 is 20.4 Å². The van der Waals surface area contributed by atoms with E-state index in [1.165, 1.54) is 0 Å². The molecule has 126 valence electrons. The van der Waals surface area contributed by atoms with Gasteiger partial charge in [-0.25, -0.2) is 0 Å². The normalized spacial score (nSPS) is 36.9. The van der Waals surface area contributed by atoms with Gasteiger partial charge >= 0.3 is 11.9 Å². The maximum atomic E-state index is 11.9. The van der Waals surface area contributed by atoms with E-state index in [4.69, 9.17) is 0 Å².